The first-order valence-electron chi connectivity index (χ1n) is 6.42. The molecule has 0 aromatic heterocycles. The highest BCUT2D eigenvalue weighted by Gasteiger charge is 2.32. The molecule has 0 spiro atoms. The molecule has 2 aromatic rings. The fourth-order valence-electron chi connectivity index (χ4n) is 1.91. The Balaban J connectivity index is 2.52. The topological polar surface area (TPSA) is 37.4 Å². The summed E-state index contributed by atoms with van der Waals surface area (Å²) in [6.07, 6.45) is 0.639. The number of hydrogen-bond donors (Lipinski definition) is 0. The number of alkyl halides is 3. The van der Waals surface area contributed by atoms with Gasteiger partial charge in [0, 0.05) is 6.04 Å². The molecule has 0 aliphatic heterocycles. The number of hydrogen-bond acceptors (Lipinski definition) is 2. The van der Waals surface area contributed by atoms with E-state index in [1.807, 2.05) is 6.04 Å². The molecule has 23 heavy (non-hydrogen) atoms. The number of rotatable bonds is 3. The first-order valence-corrected chi connectivity index (χ1v) is 7.86. The number of nitrogens with zero attached hydrogens (tertiary/aromatic N) is 1. The number of benzene rings is 2. The standard InChI is InChI=1S/C16H12F3NO2S/c1-3-20(14-6-4-5-13(11-14)16(17,18)19)23(21,22)15-9-7-12(2)8-10-15/h1,4-11H,2H3. The summed E-state index contributed by atoms with van der Waals surface area (Å²) in [7, 11) is -4.15. The average molecular weight is 339 g/mol. The minimum Gasteiger partial charge on any atom is -0.200 e. The number of sulfonamides is 1. The van der Waals surface area contributed by atoms with Gasteiger partial charge >= 0.3 is 6.18 Å². The highest BCUT2D eigenvalue weighted by atomic mass is 32.2. The Labute approximate surface area is 132 Å². The molecule has 3 nitrogen and oxygen atoms in total. The van der Waals surface area contributed by atoms with Gasteiger partial charge in [-0.2, -0.15) is 17.5 Å². The summed E-state index contributed by atoms with van der Waals surface area (Å²) in [5.74, 6) is 0. The minimum atomic E-state index is -4.59. The molecule has 0 fully saturated rings. The molecule has 0 unspecified atom stereocenters. The number of anilines is 1. The van der Waals surface area contributed by atoms with Crippen molar-refractivity contribution in [2.45, 2.75) is 18.0 Å². The summed E-state index contributed by atoms with van der Waals surface area (Å²) in [6.45, 7) is 1.78. The maximum atomic E-state index is 12.8. The van der Waals surface area contributed by atoms with Gasteiger partial charge in [0.25, 0.3) is 10.0 Å². The van der Waals surface area contributed by atoms with Crippen molar-refractivity contribution < 1.29 is 21.6 Å². The molecule has 2 aromatic carbocycles. The summed E-state index contributed by atoms with van der Waals surface area (Å²) < 4.78 is 63.9. The Morgan fingerprint density at radius 1 is 1.09 bits per heavy atom. The molecule has 2 rings (SSSR count). The van der Waals surface area contributed by atoms with E-state index in [1.165, 1.54) is 18.2 Å². The monoisotopic (exact) mass is 339 g/mol. The van der Waals surface area contributed by atoms with Crippen LogP contribution in [0.4, 0.5) is 18.9 Å². The van der Waals surface area contributed by atoms with Gasteiger partial charge in [0.1, 0.15) is 0 Å². The van der Waals surface area contributed by atoms with Crippen LogP contribution in [-0.4, -0.2) is 8.42 Å². The van der Waals surface area contributed by atoms with Gasteiger partial charge in [0.15, 0.2) is 0 Å². The molecule has 0 saturated carbocycles. The number of terminal acetylenes is 1. The van der Waals surface area contributed by atoms with Crippen LogP contribution in [0, 0.1) is 19.4 Å². The average Bonchev–Trinajstić information content (AvgIpc) is 2.47. The Hall–Kier alpha value is -2.46. The van der Waals surface area contributed by atoms with E-state index in [-0.39, 0.29) is 10.6 Å². The molecule has 0 saturated heterocycles. The van der Waals surface area contributed by atoms with Crippen LogP contribution >= 0.6 is 0 Å². The maximum absolute atomic E-state index is 12.8. The van der Waals surface area contributed by atoms with Gasteiger partial charge in [-0.25, -0.2) is 8.42 Å². The number of halogens is 3. The predicted octanol–water partition coefficient (Wildman–Crippen LogP) is 3.80. The van der Waals surface area contributed by atoms with E-state index in [4.69, 9.17) is 6.42 Å². The Kier molecular flexibility index (Phi) is 4.39. The molecule has 0 amide bonds. The van der Waals surface area contributed by atoms with Crippen LogP contribution in [0.3, 0.4) is 0 Å². The summed E-state index contributed by atoms with van der Waals surface area (Å²) in [5, 5.41) is 0. The Morgan fingerprint density at radius 3 is 2.22 bits per heavy atom. The maximum Gasteiger partial charge on any atom is 0.416 e. The molecular formula is C16H12F3NO2S. The van der Waals surface area contributed by atoms with Crippen molar-refractivity contribution in [3.8, 4) is 12.5 Å². The molecule has 0 aliphatic rings. The summed E-state index contributed by atoms with van der Waals surface area (Å²) in [4.78, 5) is -0.0986. The predicted molar refractivity (Wildman–Crippen MR) is 81.1 cm³/mol. The third-order valence-electron chi connectivity index (χ3n) is 3.08. The lowest BCUT2D eigenvalue weighted by molar-refractivity contribution is -0.137. The van der Waals surface area contributed by atoms with Gasteiger partial charge < -0.3 is 0 Å². The van der Waals surface area contributed by atoms with Crippen molar-refractivity contribution in [1.29, 1.82) is 0 Å². The quantitative estimate of drug-likeness (QED) is 0.630. The SMILES string of the molecule is C#CN(c1cccc(C(F)(F)F)c1)S(=O)(=O)c1ccc(C)cc1. The zero-order valence-corrected chi connectivity index (χ0v) is 12.8. The lowest BCUT2D eigenvalue weighted by Crippen LogP contribution is -2.26. The van der Waals surface area contributed by atoms with Crippen LogP contribution in [0.2, 0.25) is 0 Å². The molecule has 0 heterocycles. The van der Waals surface area contributed by atoms with E-state index in [1.54, 1.807) is 19.1 Å². The highest BCUT2D eigenvalue weighted by molar-refractivity contribution is 7.93. The number of aryl methyl sites for hydroxylation is 1. The van der Waals surface area contributed by atoms with Crippen molar-refractivity contribution >= 4 is 15.7 Å². The summed E-state index contributed by atoms with van der Waals surface area (Å²) >= 11 is 0. The normalized spacial score (nSPS) is 11.8. The fraction of sp³-hybridized carbons (Fsp3) is 0.125. The lowest BCUT2D eigenvalue weighted by Gasteiger charge is -2.19. The molecular weight excluding hydrogens is 327 g/mol. The van der Waals surface area contributed by atoms with Gasteiger partial charge in [0.2, 0.25) is 0 Å². The van der Waals surface area contributed by atoms with Gasteiger partial charge in [0.05, 0.1) is 16.1 Å². The van der Waals surface area contributed by atoms with Crippen molar-refractivity contribution in [1.82, 2.24) is 0 Å². The zero-order valence-electron chi connectivity index (χ0n) is 12.0. The van der Waals surface area contributed by atoms with Crippen LogP contribution in [-0.2, 0) is 16.2 Å². The fourth-order valence-corrected chi connectivity index (χ4v) is 3.13. The van der Waals surface area contributed by atoms with Gasteiger partial charge in [-0.3, -0.25) is 0 Å². The van der Waals surface area contributed by atoms with Gasteiger partial charge in [-0.1, -0.05) is 30.2 Å². The second-order valence-electron chi connectivity index (χ2n) is 4.76. The van der Waals surface area contributed by atoms with E-state index < -0.39 is 21.8 Å². The van der Waals surface area contributed by atoms with Crippen molar-refractivity contribution in [2.75, 3.05) is 4.31 Å². The van der Waals surface area contributed by atoms with Gasteiger partial charge in [-0.05, 0) is 37.3 Å². The molecule has 120 valence electrons. The lowest BCUT2D eigenvalue weighted by atomic mass is 10.2. The first kappa shape index (κ1) is 16.9. The highest BCUT2D eigenvalue weighted by Crippen LogP contribution is 2.33. The third kappa shape index (κ3) is 3.48. The van der Waals surface area contributed by atoms with Crippen LogP contribution in [0.5, 0.6) is 0 Å². The van der Waals surface area contributed by atoms with E-state index in [2.05, 4.69) is 0 Å². The molecule has 0 aliphatic carbocycles. The molecule has 7 heteroatoms. The molecule has 0 bridgehead atoms. The van der Waals surface area contributed by atoms with Crippen molar-refractivity contribution in [3.05, 3.63) is 59.7 Å². The Bertz CT molecular complexity index is 850. The zero-order chi connectivity index (χ0) is 17.3. The Morgan fingerprint density at radius 2 is 1.70 bits per heavy atom. The second-order valence-corrected chi connectivity index (χ2v) is 6.55. The van der Waals surface area contributed by atoms with Crippen LogP contribution < -0.4 is 4.31 Å². The molecule has 0 N–H and O–H groups in total. The smallest absolute Gasteiger partial charge is 0.200 e. The largest absolute Gasteiger partial charge is 0.416 e. The molecule has 0 radical (unpaired) electrons. The van der Waals surface area contributed by atoms with Gasteiger partial charge in [-0.15, -0.1) is 0 Å². The van der Waals surface area contributed by atoms with E-state index in [0.717, 1.165) is 17.7 Å². The van der Waals surface area contributed by atoms with Crippen LogP contribution in [0.15, 0.2) is 53.4 Å². The third-order valence-corrected chi connectivity index (χ3v) is 4.75. The second kappa shape index (κ2) is 5.97. The molecule has 0 atom stereocenters. The summed E-state index contributed by atoms with van der Waals surface area (Å²) in [6, 6.07) is 11.6. The van der Waals surface area contributed by atoms with Crippen molar-refractivity contribution in [3.63, 3.8) is 0 Å². The van der Waals surface area contributed by atoms with E-state index >= 15 is 0 Å². The van der Waals surface area contributed by atoms with Crippen molar-refractivity contribution in [2.24, 2.45) is 0 Å². The van der Waals surface area contributed by atoms with Crippen LogP contribution in [0.1, 0.15) is 11.1 Å². The minimum absolute atomic E-state index is 0.0986. The summed E-state index contributed by atoms with van der Waals surface area (Å²) in [5.41, 5.74) is -0.382. The van der Waals surface area contributed by atoms with E-state index in [9.17, 15) is 21.6 Å². The van der Waals surface area contributed by atoms with Crippen LogP contribution in [0.25, 0.3) is 0 Å². The van der Waals surface area contributed by atoms with E-state index in [0.29, 0.717) is 10.4 Å². The first-order chi connectivity index (χ1) is 10.7.